The highest BCUT2D eigenvalue weighted by Crippen LogP contribution is 2.37. The summed E-state index contributed by atoms with van der Waals surface area (Å²) in [6.07, 6.45) is 10.3. The van der Waals surface area contributed by atoms with Crippen LogP contribution in [0.5, 0.6) is 0 Å². The lowest BCUT2D eigenvalue weighted by molar-refractivity contribution is 0.0599. The summed E-state index contributed by atoms with van der Waals surface area (Å²) in [5.74, 6) is 0.680. The van der Waals surface area contributed by atoms with E-state index in [1.54, 1.807) is 16.9 Å². The van der Waals surface area contributed by atoms with Crippen LogP contribution in [0.15, 0.2) is 36.9 Å². The van der Waals surface area contributed by atoms with Crippen molar-refractivity contribution in [3.8, 4) is 11.1 Å². The van der Waals surface area contributed by atoms with Gasteiger partial charge in [0, 0.05) is 43.4 Å². The Bertz CT molecular complexity index is 1030. The van der Waals surface area contributed by atoms with Crippen molar-refractivity contribution in [2.45, 2.75) is 52.6 Å². The van der Waals surface area contributed by atoms with Crippen molar-refractivity contribution >= 4 is 5.91 Å². The van der Waals surface area contributed by atoms with E-state index in [9.17, 15) is 4.79 Å². The second-order valence-electron chi connectivity index (χ2n) is 7.47. The SMILES string of the molecule is CCn1ccc(C(=O)N2CCCC[C@@H]2c2nc(C)ncc2-c2ccncc2C)n1. The number of pyridine rings is 1. The molecule has 0 spiro atoms. The Morgan fingerprint density at radius 3 is 2.79 bits per heavy atom. The fourth-order valence-electron chi connectivity index (χ4n) is 3.98. The fraction of sp³-hybridized carbons (Fsp3) is 0.409. The van der Waals surface area contributed by atoms with Gasteiger partial charge in [0.05, 0.1) is 11.7 Å². The van der Waals surface area contributed by atoms with Crippen molar-refractivity contribution < 1.29 is 4.79 Å². The third kappa shape index (κ3) is 3.77. The van der Waals surface area contributed by atoms with Crippen molar-refractivity contribution in [2.24, 2.45) is 0 Å². The summed E-state index contributed by atoms with van der Waals surface area (Å²) in [6, 6.07) is 3.70. The molecule has 7 heteroatoms. The first kappa shape index (κ1) is 19.2. The molecule has 0 N–H and O–H groups in total. The summed E-state index contributed by atoms with van der Waals surface area (Å²) in [6.45, 7) is 7.39. The van der Waals surface area contributed by atoms with Crippen LogP contribution in [-0.2, 0) is 6.54 Å². The summed E-state index contributed by atoms with van der Waals surface area (Å²) in [4.78, 5) is 28.7. The molecule has 150 valence electrons. The lowest BCUT2D eigenvalue weighted by Gasteiger charge is -2.36. The largest absolute Gasteiger partial charge is 0.329 e. The molecular weight excluding hydrogens is 364 g/mol. The van der Waals surface area contributed by atoms with Gasteiger partial charge in [0.2, 0.25) is 0 Å². The number of nitrogens with zero attached hydrogens (tertiary/aromatic N) is 6. The number of carbonyl (C=O) groups is 1. The molecule has 0 aromatic carbocycles. The Balaban J connectivity index is 1.76. The molecule has 7 nitrogen and oxygen atoms in total. The lowest BCUT2D eigenvalue weighted by Crippen LogP contribution is -2.39. The first-order valence-electron chi connectivity index (χ1n) is 10.2. The van der Waals surface area contributed by atoms with E-state index >= 15 is 0 Å². The molecule has 1 amide bonds. The zero-order valence-electron chi connectivity index (χ0n) is 17.2. The zero-order valence-corrected chi connectivity index (χ0v) is 17.2. The molecule has 1 atom stereocenters. The highest BCUT2D eigenvalue weighted by molar-refractivity contribution is 5.92. The van der Waals surface area contributed by atoms with Gasteiger partial charge in [-0.1, -0.05) is 0 Å². The number of amides is 1. The number of aromatic nitrogens is 5. The van der Waals surface area contributed by atoms with Crippen LogP contribution >= 0.6 is 0 Å². The zero-order chi connectivity index (χ0) is 20.4. The van der Waals surface area contributed by atoms with Gasteiger partial charge in [-0.15, -0.1) is 0 Å². The van der Waals surface area contributed by atoms with Gasteiger partial charge < -0.3 is 4.90 Å². The van der Waals surface area contributed by atoms with Crippen LogP contribution in [0.1, 0.15) is 59.8 Å². The molecule has 0 saturated carbocycles. The molecule has 1 saturated heterocycles. The summed E-state index contributed by atoms with van der Waals surface area (Å²) in [7, 11) is 0. The molecule has 4 heterocycles. The number of aryl methyl sites for hydroxylation is 3. The number of rotatable bonds is 4. The van der Waals surface area contributed by atoms with Crippen LogP contribution in [0.4, 0.5) is 0 Å². The average Bonchev–Trinajstić information content (AvgIpc) is 3.23. The maximum absolute atomic E-state index is 13.3. The molecule has 29 heavy (non-hydrogen) atoms. The topological polar surface area (TPSA) is 76.8 Å². The summed E-state index contributed by atoms with van der Waals surface area (Å²) in [5, 5.41) is 4.43. The van der Waals surface area contributed by atoms with Gasteiger partial charge in [-0.25, -0.2) is 9.97 Å². The number of hydrogen-bond donors (Lipinski definition) is 0. The number of hydrogen-bond acceptors (Lipinski definition) is 5. The first-order chi connectivity index (χ1) is 14.1. The molecule has 3 aromatic rings. The van der Waals surface area contributed by atoms with Gasteiger partial charge in [-0.3, -0.25) is 14.5 Å². The number of carbonyl (C=O) groups excluding carboxylic acids is 1. The van der Waals surface area contributed by atoms with Crippen molar-refractivity contribution in [1.29, 1.82) is 0 Å². The van der Waals surface area contributed by atoms with Crippen LogP contribution in [0.2, 0.25) is 0 Å². The Hall–Kier alpha value is -3.09. The molecule has 0 unspecified atom stereocenters. The van der Waals surface area contributed by atoms with E-state index in [1.165, 1.54) is 0 Å². The molecular formula is C22H26N6O. The van der Waals surface area contributed by atoms with Crippen molar-refractivity contribution in [3.05, 3.63) is 59.7 Å². The van der Waals surface area contributed by atoms with Crippen LogP contribution in [-0.4, -0.2) is 42.1 Å². The molecule has 0 aliphatic carbocycles. The minimum atomic E-state index is -0.0905. The monoisotopic (exact) mass is 390 g/mol. The van der Waals surface area contributed by atoms with Crippen molar-refractivity contribution in [2.75, 3.05) is 6.54 Å². The predicted octanol–water partition coefficient (Wildman–Crippen LogP) is 3.74. The predicted molar refractivity (Wildman–Crippen MR) is 110 cm³/mol. The van der Waals surface area contributed by atoms with E-state index in [4.69, 9.17) is 4.98 Å². The van der Waals surface area contributed by atoms with Gasteiger partial charge in [-0.2, -0.15) is 5.10 Å². The van der Waals surface area contributed by atoms with Gasteiger partial charge in [0.15, 0.2) is 0 Å². The van der Waals surface area contributed by atoms with E-state index in [0.717, 1.165) is 48.2 Å². The van der Waals surface area contributed by atoms with Gasteiger partial charge in [0.25, 0.3) is 5.91 Å². The fourth-order valence-corrected chi connectivity index (χ4v) is 3.98. The quantitative estimate of drug-likeness (QED) is 0.678. The van der Waals surface area contributed by atoms with E-state index in [-0.39, 0.29) is 11.9 Å². The van der Waals surface area contributed by atoms with Crippen LogP contribution in [0, 0.1) is 13.8 Å². The first-order valence-corrected chi connectivity index (χ1v) is 10.2. The highest BCUT2D eigenvalue weighted by atomic mass is 16.2. The molecule has 4 rings (SSSR count). The summed E-state index contributed by atoms with van der Waals surface area (Å²) >= 11 is 0. The van der Waals surface area contributed by atoms with Crippen molar-refractivity contribution in [3.63, 3.8) is 0 Å². The molecule has 0 radical (unpaired) electrons. The van der Waals surface area contributed by atoms with E-state index in [0.29, 0.717) is 18.1 Å². The standard InChI is InChI=1S/C22H26N6O/c1-4-27-12-9-19(26-27)22(29)28-11-6-5-7-20(28)21-18(14-24-16(3)25-21)17-8-10-23-13-15(17)2/h8-10,12-14,20H,4-7,11H2,1-3H3/t20-/m1/s1. The van der Waals surface area contributed by atoms with E-state index < -0.39 is 0 Å². The highest BCUT2D eigenvalue weighted by Gasteiger charge is 2.33. The second-order valence-corrected chi connectivity index (χ2v) is 7.47. The van der Waals surface area contributed by atoms with Gasteiger partial charge in [0.1, 0.15) is 11.5 Å². The molecule has 1 fully saturated rings. The maximum Gasteiger partial charge on any atom is 0.274 e. The maximum atomic E-state index is 13.3. The Morgan fingerprint density at radius 1 is 1.17 bits per heavy atom. The number of likely N-dealkylation sites (tertiary alicyclic amines) is 1. The van der Waals surface area contributed by atoms with Gasteiger partial charge in [-0.05, 0) is 63.3 Å². The minimum Gasteiger partial charge on any atom is -0.329 e. The third-order valence-corrected chi connectivity index (χ3v) is 5.51. The molecule has 1 aliphatic rings. The molecule has 0 bridgehead atoms. The van der Waals surface area contributed by atoms with Gasteiger partial charge >= 0.3 is 0 Å². The Kier molecular flexibility index (Phi) is 5.38. The lowest BCUT2D eigenvalue weighted by atomic mass is 9.92. The Morgan fingerprint density at radius 2 is 2.03 bits per heavy atom. The van der Waals surface area contributed by atoms with Crippen LogP contribution in [0.3, 0.4) is 0 Å². The smallest absolute Gasteiger partial charge is 0.274 e. The third-order valence-electron chi connectivity index (χ3n) is 5.51. The number of piperidine rings is 1. The van der Waals surface area contributed by atoms with Crippen molar-refractivity contribution in [1.82, 2.24) is 29.6 Å². The van der Waals surface area contributed by atoms with E-state index in [2.05, 4.69) is 15.1 Å². The average molecular weight is 390 g/mol. The van der Waals surface area contributed by atoms with Crippen LogP contribution < -0.4 is 0 Å². The Labute approximate surface area is 170 Å². The summed E-state index contributed by atoms with van der Waals surface area (Å²) < 4.78 is 1.78. The van der Waals surface area contributed by atoms with Crippen LogP contribution in [0.25, 0.3) is 11.1 Å². The summed E-state index contributed by atoms with van der Waals surface area (Å²) in [5.41, 5.74) is 4.50. The normalized spacial score (nSPS) is 16.8. The second kappa shape index (κ2) is 8.11. The molecule has 1 aliphatic heterocycles. The molecule has 3 aromatic heterocycles. The minimum absolute atomic E-state index is 0.0319. The van der Waals surface area contributed by atoms with E-state index in [1.807, 2.05) is 50.3 Å².